The number of aromatic nitrogens is 3. The number of benzene rings is 1. The Hall–Kier alpha value is -2.63. The summed E-state index contributed by atoms with van der Waals surface area (Å²) in [4.78, 5) is 13.9. The van der Waals surface area contributed by atoms with Crippen LogP contribution in [-0.2, 0) is 6.18 Å². The Morgan fingerprint density at radius 1 is 1.24 bits per heavy atom. The summed E-state index contributed by atoms with van der Waals surface area (Å²) in [6.45, 7) is 0.190. The van der Waals surface area contributed by atoms with Gasteiger partial charge in [-0.15, -0.1) is 5.10 Å². The Morgan fingerprint density at radius 2 is 1.93 bits per heavy atom. The number of piperidine rings is 1. The Labute approximate surface area is 161 Å². The fourth-order valence-corrected chi connectivity index (χ4v) is 3.19. The summed E-state index contributed by atoms with van der Waals surface area (Å²) >= 11 is 0. The molecule has 2 heterocycles. The van der Waals surface area contributed by atoms with Crippen LogP contribution in [0.4, 0.5) is 26.3 Å². The van der Waals surface area contributed by atoms with E-state index in [9.17, 15) is 31.1 Å². The monoisotopic (exact) mass is 421 g/mol. The van der Waals surface area contributed by atoms with Crippen LogP contribution >= 0.6 is 0 Å². The Morgan fingerprint density at radius 3 is 2.52 bits per heavy atom. The molecule has 1 fully saturated rings. The molecule has 1 aromatic carbocycles. The van der Waals surface area contributed by atoms with E-state index in [-0.39, 0.29) is 25.3 Å². The van der Waals surface area contributed by atoms with Gasteiger partial charge in [-0.05, 0) is 31.0 Å². The molecule has 1 aromatic heterocycles. The molecule has 0 saturated carbocycles. The van der Waals surface area contributed by atoms with E-state index in [2.05, 4.69) is 15.6 Å². The van der Waals surface area contributed by atoms with Crippen molar-refractivity contribution in [3.8, 4) is 5.69 Å². The first kappa shape index (κ1) is 21.1. The first-order chi connectivity index (χ1) is 13.6. The highest BCUT2D eigenvalue weighted by Gasteiger charge is 2.42. The van der Waals surface area contributed by atoms with E-state index in [1.165, 1.54) is 17.0 Å². The van der Waals surface area contributed by atoms with Crippen molar-refractivity contribution in [2.45, 2.75) is 31.5 Å². The molecule has 3 rings (SSSR count). The van der Waals surface area contributed by atoms with Crippen LogP contribution in [0.5, 0.6) is 0 Å². The van der Waals surface area contributed by atoms with Gasteiger partial charge in [0, 0.05) is 19.1 Å². The normalized spacial score (nSPS) is 16.4. The van der Waals surface area contributed by atoms with Crippen LogP contribution in [0.25, 0.3) is 5.69 Å². The highest BCUT2D eigenvalue weighted by atomic mass is 19.4. The second kappa shape index (κ2) is 8.39. The molecular weight excluding hydrogens is 404 g/mol. The maximum Gasteiger partial charge on any atom is 0.435 e. The van der Waals surface area contributed by atoms with Crippen LogP contribution in [0.2, 0.25) is 0 Å². The fraction of sp³-hybridized carbons (Fsp3) is 0.471. The second-order valence-electron chi connectivity index (χ2n) is 6.62. The van der Waals surface area contributed by atoms with Gasteiger partial charge in [0.1, 0.15) is 5.82 Å². The molecule has 0 bridgehead atoms. The maximum atomic E-state index is 13.6. The number of halogens is 6. The smallest absolute Gasteiger partial charge is 0.348 e. The Kier molecular flexibility index (Phi) is 6.10. The SMILES string of the molecule is O=C(NC1CCN(CC(F)F)CC1)c1nnn(-c2cccc(F)c2)c1C(F)(F)F. The van der Waals surface area contributed by atoms with Gasteiger partial charge < -0.3 is 5.32 Å². The number of carbonyl (C=O) groups is 1. The maximum absolute atomic E-state index is 13.6. The molecule has 1 aliphatic heterocycles. The van der Waals surface area contributed by atoms with Crippen LogP contribution in [0.15, 0.2) is 24.3 Å². The van der Waals surface area contributed by atoms with Gasteiger partial charge in [0.2, 0.25) is 0 Å². The number of alkyl halides is 5. The molecule has 0 radical (unpaired) electrons. The molecule has 12 heteroatoms. The number of rotatable bonds is 5. The molecular formula is C17H17F6N5O. The summed E-state index contributed by atoms with van der Waals surface area (Å²) < 4.78 is 79.3. The zero-order chi connectivity index (χ0) is 21.2. The minimum atomic E-state index is -4.97. The zero-order valence-corrected chi connectivity index (χ0v) is 15.0. The minimum absolute atomic E-state index is 0.232. The number of nitrogens with zero attached hydrogens (tertiary/aromatic N) is 4. The first-order valence-corrected chi connectivity index (χ1v) is 8.75. The van der Waals surface area contributed by atoms with Gasteiger partial charge >= 0.3 is 6.18 Å². The predicted octanol–water partition coefficient (Wildman–Crippen LogP) is 2.88. The topological polar surface area (TPSA) is 63.1 Å². The van der Waals surface area contributed by atoms with Crippen molar-refractivity contribution in [3.63, 3.8) is 0 Å². The molecule has 1 amide bonds. The van der Waals surface area contributed by atoms with Crippen LogP contribution in [0, 0.1) is 5.82 Å². The average Bonchev–Trinajstić information content (AvgIpc) is 3.09. The number of amides is 1. The minimum Gasteiger partial charge on any atom is -0.348 e. The third-order valence-electron chi connectivity index (χ3n) is 4.53. The molecule has 6 nitrogen and oxygen atoms in total. The summed E-state index contributed by atoms with van der Waals surface area (Å²) in [5, 5.41) is 9.19. The van der Waals surface area contributed by atoms with Gasteiger partial charge in [-0.1, -0.05) is 11.3 Å². The van der Waals surface area contributed by atoms with E-state index in [4.69, 9.17) is 0 Å². The molecule has 0 unspecified atom stereocenters. The molecule has 2 aromatic rings. The summed E-state index contributed by atoms with van der Waals surface area (Å²) in [6.07, 6.45) is -6.81. The number of hydrogen-bond donors (Lipinski definition) is 1. The summed E-state index contributed by atoms with van der Waals surface area (Å²) in [5.41, 5.74) is -2.59. The second-order valence-corrected chi connectivity index (χ2v) is 6.62. The van der Waals surface area contributed by atoms with Crippen LogP contribution in [0.1, 0.15) is 29.0 Å². The lowest BCUT2D eigenvalue weighted by molar-refractivity contribution is -0.143. The number of nitrogens with one attached hydrogen (secondary N) is 1. The Bertz CT molecular complexity index is 860. The molecule has 1 N–H and O–H groups in total. The third-order valence-corrected chi connectivity index (χ3v) is 4.53. The standard InChI is InChI=1S/C17H17F6N5O/c18-10-2-1-3-12(8-10)28-15(17(21,22)23)14(25-26-28)16(29)24-11-4-6-27(7-5-11)9-13(19)20/h1-3,8,11,13H,4-7,9H2,(H,24,29). The van der Waals surface area contributed by atoms with E-state index in [0.717, 1.165) is 12.1 Å². The lowest BCUT2D eigenvalue weighted by atomic mass is 10.0. The van der Waals surface area contributed by atoms with E-state index in [1.54, 1.807) is 0 Å². The molecule has 0 atom stereocenters. The van der Waals surface area contributed by atoms with Crippen molar-refractivity contribution < 1.29 is 31.1 Å². The van der Waals surface area contributed by atoms with Gasteiger partial charge in [-0.3, -0.25) is 9.69 Å². The van der Waals surface area contributed by atoms with Gasteiger partial charge in [0.05, 0.1) is 12.2 Å². The van der Waals surface area contributed by atoms with Crippen molar-refractivity contribution in [2.75, 3.05) is 19.6 Å². The molecule has 0 spiro atoms. The van der Waals surface area contributed by atoms with Crippen molar-refractivity contribution in [1.82, 2.24) is 25.2 Å². The van der Waals surface area contributed by atoms with E-state index < -0.39 is 41.8 Å². The van der Waals surface area contributed by atoms with Crippen LogP contribution < -0.4 is 5.32 Å². The zero-order valence-electron chi connectivity index (χ0n) is 15.0. The van der Waals surface area contributed by atoms with Crippen molar-refractivity contribution in [1.29, 1.82) is 0 Å². The average molecular weight is 421 g/mol. The van der Waals surface area contributed by atoms with E-state index >= 15 is 0 Å². The van der Waals surface area contributed by atoms with Gasteiger partial charge in [-0.2, -0.15) is 13.2 Å². The quantitative estimate of drug-likeness (QED) is 0.755. The van der Waals surface area contributed by atoms with Crippen LogP contribution in [-0.4, -0.2) is 57.9 Å². The third kappa shape index (κ3) is 5.05. The Balaban J connectivity index is 1.78. The number of hydrogen-bond acceptors (Lipinski definition) is 4. The molecule has 158 valence electrons. The summed E-state index contributed by atoms with van der Waals surface area (Å²) in [7, 11) is 0. The van der Waals surface area contributed by atoms with Crippen LogP contribution in [0.3, 0.4) is 0 Å². The van der Waals surface area contributed by atoms with Crippen molar-refractivity contribution in [2.24, 2.45) is 0 Å². The number of likely N-dealkylation sites (tertiary alicyclic amines) is 1. The van der Waals surface area contributed by atoms with Crippen molar-refractivity contribution in [3.05, 3.63) is 41.5 Å². The fourth-order valence-electron chi connectivity index (χ4n) is 3.19. The predicted molar refractivity (Wildman–Crippen MR) is 89.3 cm³/mol. The summed E-state index contributed by atoms with van der Waals surface area (Å²) in [6, 6.07) is 3.83. The molecule has 0 aliphatic carbocycles. The van der Waals surface area contributed by atoms with E-state index in [1.807, 2.05) is 0 Å². The highest BCUT2D eigenvalue weighted by molar-refractivity contribution is 5.93. The van der Waals surface area contributed by atoms with E-state index in [0.29, 0.717) is 17.5 Å². The molecule has 1 saturated heterocycles. The molecule has 29 heavy (non-hydrogen) atoms. The molecule has 1 aliphatic rings. The first-order valence-electron chi connectivity index (χ1n) is 8.75. The van der Waals surface area contributed by atoms with Gasteiger partial charge in [0.15, 0.2) is 11.4 Å². The van der Waals surface area contributed by atoms with Gasteiger partial charge in [0.25, 0.3) is 12.3 Å². The van der Waals surface area contributed by atoms with Crippen molar-refractivity contribution >= 4 is 5.91 Å². The lowest BCUT2D eigenvalue weighted by Crippen LogP contribution is -2.46. The largest absolute Gasteiger partial charge is 0.435 e. The number of carbonyl (C=O) groups excluding carboxylic acids is 1. The highest BCUT2D eigenvalue weighted by Crippen LogP contribution is 2.33. The summed E-state index contributed by atoms with van der Waals surface area (Å²) in [5.74, 6) is -1.85. The van der Waals surface area contributed by atoms with Gasteiger partial charge in [-0.25, -0.2) is 17.9 Å². The lowest BCUT2D eigenvalue weighted by Gasteiger charge is -2.31.